The Morgan fingerprint density at radius 2 is 1.08 bits per heavy atom. The van der Waals surface area contributed by atoms with Crippen LogP contribution in [-0.2, 0) is 0 Å². The molecule has 0 radical (unpaired) electrons. The van der Waals surface area contributed by atoms with Crippen LogP contribution >= 0.6 is 0 Å². The smallest absolute Gasteiger partial charge is 0.868 e. The van der Waals surface area contributed by atoms with Crippen LogP contribution in [0.1, 0.15) is 0 Å². The Hall–Kier alpha value is -4.30. The number of nitrogens with one attached hydrogen (secondary N) is 1. The predicted molar refractivity (Wildman–Crippen MR) is 135 cm³/mol. The summed E-state index contributed by atoms with van der Waals surface area (Å²) < 4.78 is 0. The Bertz CT molecular complexity index is 1600. The number of rotatable bonds is 4. The van der Waals surface area contributed by atoms with Crippen molar-refractivity contribution in [3.8, 4) is 51.0 Å². The van der Waals surface area contributed by atoms with Crippen molar-refractivity contribution < 1.29 is 29.0 Å². The number of aromatic nitrogens is 4. The van der Waals surface area contributed by atoms with Gasteiger partial charge in [-0.25, -0.2) is 19.9 Å². The van der Waals surface area contributed by atoms with Gasteiger partial charge in [0.05, 0.1) is 0 Å². The van der Waals surface area contributed by atoms with E-state index in [1.807, 2.05) is 109 Å². The molecule has 6 rings (SSSR count). The number of nitrogens with zero attached hydrogens (tertiary/aromatic N) is 3. The zero-order valence-corrected chi connectivity index (χ0v) is 19.7. The van der Waals surface area contributed by atoms with E-state index in [2.05, 4.69) is 4.98 Å². The van der Waals surface area contributed by atoms with Gasteiger partial charge in [-0.3, -0.25) is 0 Å². The molecule has 4 aromatic carbocycles. The fraction of sp³-hybridized carbons (Fsp3) is 0. The van der Waals surface area contributed by atoms with Gasteiger partial charge in [-0.2, -0.15) is 0 Å². The molecular weight excluding hydrogens is 439 g/mol. The van der Waals surface area contributed by atoms with Crippen LogP contribution < -0.4 is 29.0 Å². The van der Waals surface area contributed by atoms with Crippen LogP contribution in [0.2, 0.25) is 0 Å². The minimum absolute atomic E-state index is 0. The first kappa shape index (κ1) is 23.4. The summed E-state index contributed by atoms with van der Waals surface area (Å²) >= 11 is 0. The van der Waals surface area contributed by atoms with E-state index in [4.69, 9.17) is 15.0 Å². The van der Waals surface area contributed by atoms with Gasteiger partial charge in [0.2, 0.25) is 5.52 Å². The monoisotopic (exact) mass is 459 g/mol. The fourth-order valence-electron chi connectivity index (χ4n) is 4.16. The number of H-pyrrole nitrogens is 1. The van der Waals surface area contributed by atoms with Gasteiger partial charge < -0.3 is 5.11 Å². The molecule has 6 heteroatoms. The van der Waals surface area contributed by atoms with Crippen molar-refractivity contribution in [2.75, 3.05) is 0 Å². The van der Waals surface area contributed by atoms with E-state index in [1.54, 1.807) is 6.20 Å². The molecule has 6 aromatic rings. The van der Waals surface area contributed by atoms with E-state index in [0.717, 1.165) is 27.6 Å². The normalized spacial score (nSPS) is 10.7. The van der Waals surface area contributed by atoms with Crippen molar-refractivity contribution in [1.29, 1.82) is 0 Å². The summed E-state index contributed by atoms with van der Waals surface area (Å²) in [4.78, 5) is 17.4. The van der Waals surface area contributed by atoms with Crippen molar-refractivity contribution in [2.24, 2.45) is 0 Å². The summed E-state index contributed by atoms with van der Waals surface area (Å²) in [5.41, 5.74) is 4.67. The van der Waals surface area contributed by atoms with Crippen LogP contribution in [0, 0.1) is 0 Å². The van der Waals surface area contributed by atoms with E-state index in [1.165, 1.54) is 0 Å². The minimum atomic E-state index is -0.0363. The first-order chi connectivity index (χ1) is 17.3. The second-order valence-electron chi connectivity index (χ2n) is 8.20. The van der Waals surface area contributed by atoms with Crippen LogP contribution in [0.15, 0.2) is 115 Å². The van der Waals surface area contributed by atoms with Crippen molar-refractivity contribution in [3.05, 3.63) is 115 Å². The Morgan fingerprint density at radius 3 is 1.72 bits per heavy atom. The molecule has 1 N–H and O–H groups in total. The van der Waals surface area contributed by atoms with E-state index < -0.39 is 0 Å². The largest absolute Gasteiger partial charge is 1.00 e. The van der Waals surface area contributed by atoms with Gasteiger partial charge in [0.15, 0.2) is 23.7 Å². The fourth-order valence-corrected chi connectivity index (χ4v) is 4.16. The van der Waals surface area contributed by atoms with Gasteiger partial charge in [0.25, 0.3) is 0 Å². The van der Waals surface area contributed by atoms with Crippen LogP contribution in [0.4, 0.5) is 0 Å². The molecule has 0 saturated carbocycles. The van der Waals surface area contributed by atoms with Crippen LogP contribution in [0.5, 0.6) is 5.75 Å². The molecule has 0 bridgehead atoms. The Balaban J connectivity index is 0.00000267. The number of aromatic amines is 1. The standard InChI is InChI=1S/C30H20N4O.Li/c35-27-25(17-16-20-15-8-18-31-26(20)27)23-13-7-14-24(19-23)30-33-28(21-9-3-1-4-10-21)32-29(34-30)22-11-5-2-6-12-22;/h1-19,35H;/q;+1. The summed E-state index contributed by atoms with van der Waals surface area (Å²) in [6.07, 6.45) is 1.77. The number of pyridine rings is 1. The molecule has 166 valence electrons. The van der Waals surface area contributed by atoms with Crippen LogP contribution in [-0.4, -0.2) is 15.0 Å². The van der Waals surface area contributed by atoms with Gasteiger partial charge >= 0.3 is 18.9 Å². The van der Waals surface area contributed by atoms with Crippen molar-refractivity contribution in [2.45, 2.75) is 0 Å². The van der Waals surface area contributed by atoms with E-state index >= 15 is 0 Å². The SMILES string of the molecule is [Li+].[O-]c1c(-c2cccc(-c3nc(-c4ccccc4)nc(-c4ccccc4)n3)c2)ccc2ccc[nH+]c12. The van der Waals surface area contributed by atoms with Gasteiger partial charge in [0, 0.05) is 28.1 Å². The third-order valence-corrected chi connectivity index (χ3v) is 5.92. The number of hydrogen-bond donors (Lipinski definition) is 0. The molecule has 0 saturated heterocycles. The van der Waals surface area contributed by atoms with Crippen LogP contribution in [0.3, 0.4) is 0 Å². The van der Waals surface area contributed by atoms with Crippen molar-refractivity contribution in [3.63, 3.8) is 0 Å². The van der Waals surface area contributed by atoms with Crippen molar-refractivity contribution >= 4 is 10.9 Å². The summed E-state index contributed by atoms with van der Waals surface area (Å²) in [5, 5.41) is 14.1. The molecule has 0 spiro atoms. The number of fused-ring (bicyclic) bond motifs is 1. The Labute approximate surface area is 220 Å². The summed E-state index contributed by atoms with van der Waals surface area (Å²) in [6, 6.07) is 35.2. The first-order valence-electron chi connectivity index (χ1n) is 11.3. The Morgan fingerprint density at radius 1 is 0.528 bits per heavy atom. The molecule has 0 amide bonds. The molecule has 36 heavy (non-hydrogen) atoms. The van der Waals surface area contributed by atoms with Gasteiger partial charge in [-0.1, -0.05) is 84.9 Å². The van der Waals surface area contributed by atoms with Gasteiger partial charge in [0.1, 0.15) is 0 Å². The topological polar surface area (TPSA) is 75.9 Å². The average Bonchev–Trinajstić information content (AvgIpc) is 2.94. The quantitative estimate of drug-likeness (QED) is 0.380. The summed E-state index contributed by atoms with van der Waals surface area (Å²) in [7, 11) is 0. The minimum Gasteiger partial charge on any atom is -0.868 e. The maximum absolute atomic E-state index is 13.2. The van der Waals surface area contributed by atoms with Crippen LogP contribution in [0.25, 0.3) is 56.2 Å². The molecule has 5 nitrogen and oxygen atoms in total. The number of hydrogen-bond acceptors (Lipinski definition) is 4. The molecule has 0 aliphatic heterocycles. The molecule has 0 aliphatic carbocycles. The van der Waals surface area contributed by atoms with E-state index in [0.29, 0.717) is 28.6 Å². The van der Waals surface area contributed by atoms with E-state index in [9.17, 15) is 5.11 Å². The third-order valence-electron chi connectivity index (χ3n) is 5.92. The van der Waals surface area contributed by atoms with E-state index in [-0.39, 0.29) is 24.6 Å². The van der Waals surface area contributed by atoms with Gasteiger partial charge in [-0.15, -0.1) is 0 Å². The average molecular weight is 459 g/mol. The maximum Gasteiger partial charge on any atom is 1.00 e. The predicted octanol–water partition coefficient (Wildman–Crippen LogP) is 2.58. The second kappa shape index (κ2) is 10.1. The molecule has 0 fully saturated rings. The molecule has 0 unspecified atom stereocenters. The second-order valence-corrected chi connectivity index (χ2v) is 8.20. The molecule has 2 aromatic heterocycles. The zero-order chi connectivity index (χ0) is 23.6. The molecule has 0 aliphatic rings. The number of benzene rings is 4. The first-order valence-corrected chi connectivity index (χ1v) is 11.3. The van der Waals surface area contributed by atoms with Gasteiger partial charge in [-0.05, 0) is 35.1 Å². The molecule has 0 atom stereocenters. The zero-order valence-electron chi connectivity index (χ0n) is 19.7. The molecular formula is C30H20LiN4O+. The Kier molecular flexibility index (Phi) is 6.60. The summed E-state index contributed by atoms with van der Waals surface area (Å²) in [5.74, 6) is 1.72. The third kappa shape index (κ3) is 4.50. The summed E-state index contributed by atoms with van der Waals surface area (Å²) in [6.45, 7) is 0. The maximum atomic E-state index is 13.2. The van der Waals surface area contributed by atoms with Crippen molar-refractivity contribution in [1.82, 2.24) is 15.0 Å². The molecule has 2 heterocycles.